The Kier molecular flexibility index (Phi) is 6.15. The van der Waals surface area contributed by atoms with Crippen LogP contribution in [0.4, 0.5) is 5.69 Å². The van der Waals surface area contributed by atoms with E-state index in [-0.39, 0.29) is 5.75 Å². The van der Waals surface area contributed by atoms with E-state index < -0.39 is 11.8 Å². The van der Waals surface area contributed by atoms with E-state index in [2.05, 4.69) is 15.8 Å². The standard InChI is InChI=1S/C18H19N3O5/c1-11(12-4-6-13(22)7-5-12)20-21-18(24)17(23)19-15-9-8-14(25-2)10-16(15)26-3/h4-10,22H,1-3H3,(H,19,23)(H,21,24). The van der Waals surface area contributed by atoms with Crippen molar-refractivity contribution in [3.63, 3.8) is 0 Å². The van der Waals surface area contributed by atoms with Gasteiger partial charge in [-0.15, -0.1) is 0 Å². The molecular weight excluding hydrogens is 338 g/mol. The van der Waals surface area contributed by atoms with Gasteiger partial charge in [0.1, 0.15) is 17.2 Å². The minimum atomic E-state index is -0.930. The molecule has 0 fully saturated rings. The first-order chi connectivity index (χ1) is 12.4. The van der Waals surface area contributed by atoms with E-state index in [1.807, 2.05) is 0 Å². The number of nitrogens with one attached hydrogen (secondary N) is 2. The van der Waals surface area contributed by atoms with Crippen molar-refractivity contribution in [1.82, 2.24) is 5.43 Å². The molecule has 0 radical (unpaired) electrons. The summed E-state index contributed by atoms with van der Waals surface area (Å²) in [4.78, 5) is 23.9. The summed E-state index contributed by atoms with van der Waals surface area (Å²) in [5, 5.41) is 15.6. The first-order valence-corrected chi connectivity index (χ1v) is 7.61. The number of amides is 2. The molecule has 26 heavy (non-hydrogen) atoms. The summed E-state index contributed by atoms with van der Waals surface area (Å²) in [7, 11) is 2.95. The number of anilines is 1. The fourth-order valence-corrected chi connectivity index (χ4v) is 2.03. The number of hydrogen-bond donors (Lipinski definition) is 3. The topological polar surface area (TPSA) is 109 Å². The number of hydrogen-bond acceptors (Lipinski definition) is 6. The Bertz CT molecular complexity index is 831. The zero-order valence-corrected chi connectivity index (χ0v) is 14.6. The predicted octanol–water partition coefficient (Wildman–Crippen LogP) is 1.89. The Balaban J connectivity index is 2.02. The van der Waals surface area contributed by atoms with Crippen LogP contribution in [0.5, 0.6) is 17.2 Å². The zero-order chi connectivity index (χ0) is 19.1. The minimum absolute atomic E-state index is 0.124. The molecule has 0 aliphatic rings. The number of aromatic hydroxyl groups is 1. The van der Waals surface area contributed by atoms with Gasteiger partial charge in [-0.25, -0.2) is 5.43 Å². The second-order valence-corrected chi connectivity index (χ2v) is 5.21. The number of carbonyl (C=O) groups is 2. The lowest BCUT2D eigenvalue weighted by atomic mass is 10.1. The molecule has 0 spiro atoms. The number of benzene rings is 2. The maximum atomic E-state index is 12.0. The first-order valence-electron chi connectivity index (χ1n) is 7.61. The molecule has 8 heteroatoms. The Morgan fingerprint density at radius 2 is 1.69 bits per heavy atom. The normalized spacial score (nSPS) is 10.8. The highest BCUT2D eigenvalue weighted by Crippen LogP contribution is 2.28. The third-order valence-electron chi connectivity index (χ3n) is 3.47. The third-order valence-corrected chi connectivity index (χ3v) is 3.47. The molecule has 0 aliphatic carbocycles. The lowest BCUT2D eigenvalue weighted by molar-refractivity contribution is -0.136. The SMILES string of the molecule is COc1ccc(NC(=O)C(=O)NN=C(C)c2ccc(O)cc2)c(OC)c1. The van der Waals surface area contributed by atoms with Crippen molar-refractivity contribution in [2.45, 2.75) is 6.92 Å². The lowest BCUT2D eigenvalue weighted by Crippen LogP contribution is -2.33. The number of nitrogens with zero attached hydrogens (tertiary/aromatic N) is 1. The second kappa shape index (κ2) is 8.52. The lowest BCUT2D eigenvalue weighted by Gasteiger charge is -2.11. The maximum absolute atomic E-state index is 12.0. The molecule has 0 heterocycles. The zero-order valence-electron chi connectivity index (χ0n) is 14.6. The summed E-state index contributed by atoms with van der Waals surface area (Å²) in [5.41, 5.74) is 3.69. The van der Waals surface area contributed by atoms with Crippen LogP contribution in [-0.4, -0.2) is 36.9 Å². The van der Waals surface area contributed by atoms with Crippen LogP contribution in [0.25, 0.3) is 0 Å². The number of phenols is 1. The van der Waals surface area contributed by atoms with E-state index in [1.165, 1.54) is 26.4 Å². The van der Waals surface area contributed by atoms with E-state index >= 15 is 0 Å². The van der Waals surface area contributed by atoms with E-state index in [0.717, 1.165) is 0 Å². The maximum Gasteiger partial charge on any atom is 0.329 e. The molecule has 3 N–H and O–H groups in total. The monoisotopic (exact) mass is 357 g/mol. The molecule has 8 nitrogen and oxygen atoms in total. The minimum Gasteiger partial charge on any atom is -0.508 e. The number of methoxy groups -OCH3 is 2. The highest BCUT2D eigenvalue weighted by molar-refractivity contribution is 6.39. The largest absolute Gasteiger partial charge is 0.508 e. The van der Waals surface area contributed by atoms with Crippen molar-refractivity contribution in [3.8, 4) is 17.2 Å². The van der Waals surface area contributed by atoms with E-state index in [1.54, 1.807) is 37.3 Å². The van der Waals surface area contributed by atoms with Crippen molar-refractivity contribution < 1.29 is 24.2 Å². The summed E-state index contributed by atoms with van der Waals surface area (Å²) >= 11 is 0. The van der Waals surface area contributed by atoms with Crippen LogP contribution in [0.15, 0.2) is 47.6 Å². The summed E-state index contributed by atoms with van der Waals surface area (Å²) in [6.07, 6.45) is 0. The van der Waals surface area contributed by atoms with Crippen LogP contribution in [-0.2, 0) is 9.59 Å². The molecule has 0 aliphatic heterocycles. The van der Waals surface area contributed by atoms with Crippen LogP contribution >= 0.6 is 0 Å². The molecule has 0 saturated heterocycles. The Hall–Kier alpha value is -3.55. The van der Waals surface area contributed by atoms with Gasteiger partial charge in [0.25, 0.3) is 0 Å². The van der Waals surface area contributed by atoms with Crippen molar-refractivity contribution in [1.29, 1.82) is 0 Å². The van der Waals surface area contributed by atoms with Gasteiger partial charge < -0.3 is 19.9 Å². The van der Waals surface area contributed by atoms with E-state index in [4.69, 9.17) is 9.47 Å². The average Bonchev–Trinajstić information content (AvgIpc) is 2.66. The van der Waals surface area contributed by atoms with Gasteiger partial charge >= 0.3 is 11.8 Å². The molecule has 136 valence electrons. The van der Waals surface area contributed by atoms with Crippen molar-refractivity contribution >= 4 is 23.2 Å². The van der Waals surface area contributed by atoms with Crippen molar-refractivity contribution in [3.05, 3.63) is 48.0 Å². The number of rotatable bonds is 5. The molecule has 0 unspecified atom stereocenters. The average molecular weight is 357 g/mol. The number of carbonyl (C=O) groups excluding carboxylic acids is 2. The highest BCUT2D eigenvalue weighted by atomic mass is 16.5. The third kappa shape index (κ3) is 4.73. The molecular formula is C18H19N3O5. The summed E-state index contributed by atoms with van der Waals surface area (Å²) in [6, 6.07) is 11.1. The first kappa shape index (κ1) is 18.8. The molecule has 0 aromatic heterocycles. The fraction of sp³-hybridized carbons (Fsp3) is 0.167. The molecule has 0 saturated carbocycles. The molecule has 0 bridgehead atoms. The van der Waals surface area contributed by atoms with Gasteiger partial charge in [-0.3, -0.25) is 9.59 Å². The smallest absolute Gasteiger partial charge is 0.329 e. The van der Waals surface area contributed by atoms with Crippen LogP contribution in [0, 0.1) is 0 Å². The fourth-order valence-electron chi connectivity index (χ4n) is 2.03. The van der Waals surface area contributed by atoms with Crippen molar-refractivity contribution in [2.24, 2.45) is 5.10 Å². The summed E-state index contributed by atoms with van der Waals surface area (Å²) < 4.78 is 10.2. The molecule has 2 amide bonds. The number of hydrazone groups is 1. The quantitative estimate of drug-likeness (QED) is 0.430. The van der Waals surface area contributed by atoms with E-state index in [0.29, 0.717) is 28.5 Å². The van der Waals surface area contributed by atoms with Gasteiger partial charge in [0.05, 0.1) is 25.6 Å². The molecule has 2 aromatic rings. The Labute approximate surface area is 150 Å². The van der Waals surface area contributed by atoms with Crippen LogP contribution in [0.2, 0.25) is 0 Å². The van der Waals surface area contributed by atoms with Gasteiger partial charge in [0.2, 0.25) is 0 Å². The van der Waals surface area contributed by atoms with Gasteiger partial charge in [-0.2, -0.15) is 5.10 Å². The van der Waals surface area contributed by atoms with Gasteiger partial charge in [-0.05, 0) is 48.9 Å². The number of phenolic OH excluding ortho intramolecular Hbond substituents is 1. The Morgan fingerprint density at radius 1 is 1.00 bits per heavy atom. The highest BCUT2D eigenvalue weighted by Gasteiger charge is 2.16. The van der Waals surface area contributed by atoms with Gasteiger partial charge in [0, 0.05) is 6.07 Å². The number of ether oxygens (including phenoxy) is 2. The van der Waals surface area contributed by atoms with Crippen LogP contribution in [0.1, 0.15) is 12.5 Å². The van der Waals surface area contributed by atoms with Crippen LogP contribution in [0.3, 0.4) is 0 Å². The molecule has 2 rings (SSSR count). The van der Waals surface area contributed by atoms with Gasteiger partial charge in [0.15, 0.2) is 0 Å². The van der Waals surface area contributed by atoms with Crippen LogP contribution < -0.4 is 20.2 Å². The van der Waals surface area contributed by atoms with Gasteiger partial charge in [-0.1, -0.05) is 0 Å². The Morgan fingerprint density at radius 3 is 2.31 bits per heavy atom. The summed E-state index contributed by atoms with van der Waals surface area (Å²) in [6.45, 7) is 1.66. The summed E-state index contributed by atoms with van der Waals surface area (Å²) in [5.74, 6) is -0.789. The van der Waals surface area contributed by atoms with Crippen molar-refractivity contribution in [2.75, 3.05) is 19.5 Å². The van der Waals surface area contributed by atoms with E-state index in [9.17, 15) is 14.7 Å². The molecule has 0 atom stereocenters. The molecule has 2 aromatic carbocycles. The second-order valence-electron chi connectivity index (χ2n) is 5.21. The predicted molar refractivity (Wildman–Crippen MR) is 96.6 cm³/mol.